The first-order valence-electron chi connectivity index (χ1n) is 7.05. The van der Waals surface area contributed by atoms with Crippen LogP contribution in [-0.2, 0) is 26.1 Å². The van der Waals surface area contributed by atoms with Crippen molar-refractivity contribution < 1.29 is 5.11 Å². The van der Waals surface area contributed by atoms with Crippen LogP contribution in [0.3, 0.4) is 0 Å². The number of halogens is 1. The molecule has 2 aromatic rings. The topological polar surface area (TPSA) is 61.3 Å². The number of aromatic amines is 1. The number of H-pyrrole nitrogens is 1. The number of nitrogens with one attached hydrogen (secondary N) is 1. The van der Waals surface area contributed by atoms with Gasteiger partial charge in [-0.05, 0) is 17.7 Å². The molecule has 5 nitrogen and oxygen atoms in total. The Kier molecular flexibility index (Phi) is 4.14. The van der Waals surface area contributed by atoms with Crippen LogP contribution in [0.5, 0.6) is 0 Å². The highest BCUT2D eigenvalue weighted by Gasteiger charge is 2.22. The number of aliphatic hydroxyl groups excluding tert-OH is 1. The average molecular weight is 308 g/mol. The Balaban J connectivity index is 1.75. The summed E-state index contributed by atoms with van der Waals surface area (Å²) in [4.78, 5) is 14.5. The molecule has 112 valence electrons. The number of fused-ring (bicyclic) bond motifs is 1. The van der Waals surface area contributed by atoms with Gasteiger partial charge >= 0.3 is 0 Å². The summed E-state index contributed by atoms with van der Waals surface area (Å²) in [5.74, 6) is 0. The Bertz CT molecular complexity index is 675. The first kappa shape index (κ1) is 14.4. The normalized spacial score (nSPS) is 15.1. The van der Waals surface area contributed by atoms with E-state index in [9.17, 15) is 4.79 Å². The summed E-state index contributed by atoms with van der Waals surface area (Å²) in [5, 5.41) is 12.8. The Morgan fingerprint density at radius 2 is 2.05 bits per heavy atom. The highest BCUT2D eigenvalue weighted by atomic mass is 35.5. The van der Waals surface area contributed by atoms with Crippen molar-refractivity contribution in [2.45, 2.75) is 26.1 Å². The molecule has 1 aliphatic heterocycles. The molecule has 1 aliphatic rings. The first-order valence-corrected chi connectivity index (χ1v) is 7.43. The van der Waals surface area contributed by atoms with Gasteiger partial charge in [0.25, 0.3) is 5.56 Å². The van der Waals surface area contributed by atoms with E-state index in [2.05, 4.69) is 10.00 Å². The van der Waals surface area contributed by atoms with E-state index < -0.39 is 0 Å². The van der Waals surface area contributed by atoms with Crippen molar-refractivity contribution in [2.24, 2.45) is 0 Å². The number of aliphatic hydroxyl groups is 1. The maximum absolute atomic E-state index is 12.2. The quantitative estimate of drug-likeness (QED) is 0.897. The molecule has 6 heteroatoms. The Hall–Kier alpha value is -1.56. The van der Waals surface area contributed by atoms with E-state index >= 15 is 0 Å². The van der Waals surface area contributed by atoms with Gasteiger partial charge in [-0.25, -0.2) is 0 Å². The molecule has 0 amide bonds. The number of aromatic nitrogens is 2. The van der Waals surface area contributed by atoms with Crippen LogP contribution in [0.2, 0.25) is 5.02 Å². The molecule has 0 atom stereocenters. The van der Waals surface area contributed by atoms with Gasteiger partial charge in [0.2, 0.25) is 0 Å². The number of hydrogen-bond acceptors (Lipinski definition) is 3. The molecular weight excluding hydrogens is 290 g/mol. The van der Waals surface area contributed by atoms with E-state index in [4.69, 9.17) is 16.7 Å². The standard InChI is InChI=1S/C15H18ClN3O2/c16-12-3-1-11(2-4-12)9-18-6-5-14-13(10-18)15(21)19(17-14)7-8-20/h1-4,17,20H,5-10H2. The fourth-order valence-corrected chi connectivity index (χ4v) is 2.88. The number of benzene rings is 1. The second kappa shape index (κ2) is 6.05. The van der Waals surface area contributed by atoms with Crippen LogP contribution in [0.15, 0.2) is 29.1 Å². The first-order chi connectivity index (χ1) is 10.2. The van der Waals surface area contributed by atoms with Gasteiger partial charge in [0.05, 0.1) is 18.7 Å². The third-order valence-corrected chi connectivity index (χ3v) is 4.09. The van der Waals surface area contributed by atoms with E-state index in [1.807, 2.05) is 24.3 Å². The molecule has 0 saturated carbocycles. The highest BCUT2D eigenvalue weighted by Crippen LogP contribution is 2.17. The lowest BCUT2D eigenvalue weighted by Crippen LogP contribution is -2.32. The minimum Gasteiger partial charge on any atom is -0.394 e. The average Bonchev–Trinajstić information content (AvgIpc) is 2.79. The number of rotatable bonds is 4. The Labute approximate surface area is 127 Å². The number of nitrogens with zero attached hydrogens (tertiary/aromatic N) is 2. The fourth-order valence-electron chi connectivity index (χ4n) is 2.76. The summed E-state index contributed by atoms with van der Waals surface area (Å²) < 4.78 is 1.50. The summed E-state index contributed by atoms with van der Waals surface area (Å²) in [6.45, 7) is 2.65. The van der Waals surface area contributed by atoms with Crippen molar-refractivity contribution in [2.75, 3.05) is 13.2 Å². The van der Waals surface area contributed by atoms with E-state index in [0.29, 0.717) is 13.1 Å². The predicted octanol–water partition coefficient (Wildman–Crippen LogP) is 1.38. The van der Waals surface area contributed by atoms with Crippen LogP contribution < -0.4 is 5.56 Å². The second-order valence-corrected chi connectivity index (χ2v) is 5.77. The highest BCUT2D eigenvalue weighted by molar-refractivity contribution is 6.30. The van der Waals surface area contributed by atoms with Gasteiger partial charge in [-0.2, -0.15) is 0 Å². The molecule has 0 saturated heterocycles. The van der Waals surface area contributed by atoms with Gasteiger partial charge in [-0.15, -0.1) is 0 Å². The molecule has 3 rings (SSSR count). The second-order valence-electron chi connectivity index (χ2n) is 5.34. The molecule has 1 aromatic heterocycles. The Morgan fingerprint density at radius 1 is 1.29 bits per heavy atom. The molecule has 0 bridgehead atoms. The fraction of sp³-hybridized carbons (Fsp3) is 0.400. The predicted molar refractivity (Wildman–Crippen MR) is 81.4 cm³/mol. The molecule has 0 unspecified atom stereocenters. The van der Waals surface area contributed by atoms with Crippen LogP contribution in [0, 0.1) is 0 Å². The molecule has 0 fully saturated rings. The zero-order chi connectivity index (χ0) is 14.8. The lowest BCUT2D eigenvalue weighted by atomic mass is 10.1. The lowest BCUT2D eigenvalue weighted by molar-refractivity contribution is 0.244. The monoisotopic (exact) mass is 307 g/mol. The van der Waals surface area contributed by atoms with Gasteiger partial charge < -0.3 is 5.11 Å². The van der Waals surface area contributed by atoms with E-state index in [1.54, 1.807) is 0 Å². The van der Waals surface area contributed by atoms with E-state index in [1.165, 1.54) is 10.2 Å². The van der Waals surface area contributed by atoms with Crippen molar-refractivity contribution >= 4 is 11.6 Å². The maximum Gasteiger partial charge on any atom is 0.271 e. The zero-order valence-corrected chi connectivity index (χ0v) is 12.4. The summed E-state index contributed by atoms with van der Waals surface area (Å²) in [5.41, 5.74) is 3.00. The summed E-state index contributed by atoms with van der Waals surface area (Å²) in [6, 6.07) is 7.80. The van der Waals surface area contributed by atoms with Crippen LogP contribution in [-0.4, -0.2) is 32.9 Å². The van der Waals surface area contributed by atoms with Crippen molar-refractivity contribution in [3.63, 3.8) is 0 Å². The van der Waals surface area contributed by atoms with Crippen molar-refractivity contribution in [3.8, 4) is 0 Å². The van der Waals surface area contributed by atoms with Crippen molar-refractivity contribution in [3.05, 3.63) is 56.5 Å². The van der Waals surface area contributed by atoms with Gasteiger partial charge in [0.15, 0.2) is 0 Å². The van der Waals surface area contributed by atoms with Gasteiger partial charge in [-0.3, -0.25) is 19.5 Å². The Morgan fingerprint density at radius 3 is 2.76 bits per heavy atom. The third-order valence-electron chi connectivity index (χ3n) is 3.84. The summed E-state index contributed by atoms with van der Waals surface area (Å²) >= 11 is 5.89. The molecule has 0 spiro atoms. The van der Waals surface area contributed by atoms with Crippen LogP contribution in [0.1, 0.15) is 16.8 Å². The van der Waals surface area contributed by atoms with E-state index in [0.717, 1.165) is 35.8 Å². The molecular formula is C15H18ClN3O2. The summed E-state index contributed by atoms with van der Waals surface area (Å²) in [7, 11) is 0. The molecule has 0 aliphatic carbocycles. The maximum atomic E-state index is 12.2. The van der Waals surface area contributed by atoms with Crippen LogP contribution in [0.25, 0.3) is 0 Å². The van der Waals surface area contributed by atoms with E-state index in [-0.39, 0.29) is 12.2 Å². The number of hydrogen-bond donors (Lipinski definition) is 2. The van der Waals surface area contributed by atoms with Gasteiger partial charge in [0, 0.05) is 36.8 Å². The van der Waals surface area contributed by atoms with Crippen LogP contribution in [0.4, 0.5) is 0 Å². The minimum absolute atomic E-state index is 0.0140. The molecule has 1 aromatic carbocycles. The molecule has 2 N–H and O–H groups in total. The van der Waals surface area contributed by atoms with Gasteiger partial charge in [0.1, 0.15) is 0 Å². The lowest BCUT2D eigenvalue weighted by Gasteiger charge is -2.25. The summed E-state index contributed by atoms with van der Waals surface area (Å²) in [6.07, 6.45) is 0.830. The molecule has 21 heavy (non-hydrogen) atoms. The third kappa shape index (κ3) is 3.05. The SMILES string of the molecule is O=c1c2c([nH]n1CCO)CCN(Cc1ccc(Cl)cc1)C2. The zero-order valence-electron chi connectivity index (χ0n) is 11.7. The smallest absolute Gasteiger partial charge is 0.271 e. The largest absolute Gasteiger partial charge is 0.394 e. The molecule has 0 radical (unpaired) electrons. The minimum atomic E-state index is -0.0339. The molecule has 2 heterocycles. The van der Waals surface area contributed by atoms with Crippen molar-refractivity contribution in [1.29, 1.82) is 0 Å². The van der Waals surface area contributed by atoms with Gasteiger partial charge in [-0.1, -0.05) is 23.7 Å². The van der Waals surface area contributed by atoms with Crippen molar-refractivity contribution in [1.82, 2.24) is 14.7 Å². The van der Waals surface area contributed by atoms with Crippen LogP contribution >= 0.6 is 11.6 Å².